The lowest BCUT2D eigenvalue weighted by Gasteiger charge is -2.25. The molecule has 3 heteroatoms. The van der Waals surface area contributed by atoms with Gasteiger partial charge < -0.3 is 4.74 Å². The second kappa shape index (κ2) is 8.57. The van der Waals surface area contributed by atoms with Gasteiger partial charge in [-0.2, -0.15) is 0 Å². The van der Waals surface area contributed by atoms with Crippen molar-refractivity contribution in [3.05, 3.63) is 0 Å². The van der Waals surface area contributed by atoms with Gasteiger partial charge in [0.1, 0.15) is 0 Å². The Balaban J connectivity index is 1.82. The van der Waals surface area contributed by atoms with E-state index in [2.05, 4.69) is 23.6 Å². The van der Waals surface area contributed by atoms with Gasteiger partial charge in [0.25, 0.3) is 0 Å². The lowest BCUT2D eigenvalue weighted by atomic mass is 10.2. The second-order valence-corrected chi connectivity index (χ2v) is 4.90. The number of unbranched alkanes of at least 4 members (excludes halogenated alkanes) is 3. The van der Waals surface area contributed by atoms with Crippen LogP contribution in [0.15, 0.2) is 0 Å². The summed E-state index contributed by atoms with van der Waals surface area (Å²) in [6.45, 7) is 6.37. The molecule has 14 heavy (non-hydrogen) atoms. The number of ether oxygens (including phenoxy) is 1. The first kappa shape index (κ1) is 12.3. The van der Waals surface area contributed by atoms with Crippen LogP contribution in [0, 0.1) is 0 Å². The molecule has 84 valence electrons. The minimum atomic E-state index is 0.927. The average Bonchev–Trinajstić information content (AvgIpc) is 2.25. The van der Waals surface area contributed by atoms with Gasteiger partial charge in [-0.15, -0.1) is 11.8 Å². The van der Waals surface area contributed by atoms with Crippen LogP contribution in [0.3, 0.4) is 0 Å². The molecular formula is C11H23NOS. The van der Waals surface area contributed by atoms with Gasteiger partial charge in [0.2, 0.25) is 0 Å². The van der Waals surface area contributed by atoms with E-state index in [-0.39, 0.29) is 0 Å². The topological polar surface area (TPSA) is 12.5 Å². The third kappa shape index (κ3) is 5.89. The van der Waals surface area contributed by atoms with Crippen LogP contribution in [-0.4, -0.2) is 42.8 Å². The summed E-state index contributed by atoms with van der Waals surface area (Å²) in [5, 5.41) is 0. The molecule has 0 aromatic heterocycles. The van der Waals surface area contributed by atoms with Crippen LogP contribution < -0.4 is 0 Å². The Morgan fingerprint density at radius 2 is 1.93 bits per heavy atom. The van der Waals surface area contributed by atoms with Crippen molar-refractivity contribution < 1.29 is 4.74 Å². The first-order valence-electron chi connectivity index (χ1n) is 5.81. The fourth-order valence-electron chi connectivity index (χ4n) is 1.55. The van der Waals surface area contributed by atoms with E-state index in [9.17, 15) is 0 Å². The number of morpholine rings is 1. The third-order valence-corrected chi connectivity index (χ3v) is 3.64. The number of hydrogen-bond acceptors (Lipinski definition) is 3. The molecule has 2 nitrogen and oxygen atoms in total. The van der Waals surface area contributed by atoms with Gasteiger partial charge in [-0.05, 0) is 12.2 Å². The summed E-state index contributed by atoms with van der Waals surface area (Å²) in [5.74, 6) is 2.53. The standard InChI is InChI=1S/C11H23NOS/c1-2-3-4-5-10-14-11-12-6-8-13-9-7-12/h2-11H2,1H3. The molecule has 1 fully saturated rings. The van der Waals surface area contributed by atoms with Gasteiger partial charge in [0, 0.05) is 19.0 Å². The minimum absolute atomic E-state index is 0.927. The maximum absolute atomic E-state index is 5.31. The number of hydrogen-bond donors (Lipinski definition) is 0. The molecule has 0 unspecified atom stereocenters. The summed E-state index contributed by atoms with van der Waals surface area (Å²) in [6.07, 6.45) is 5.54. The summed E-state index contributed by atoms with van der Waals surface area (Å²) >= 11 is 2.08. The van der Waals surface area contributed by atoms with Crippen LogP contribution in [0.25, 0.3) is 0 Å². The molecule has 0 saturated carbocycles. The van der Waals surface area contributed by atoms with Crippen molar-refractivity contribution in [1.82, 2.24) is 4.90 Å². The zero-order chi connectivity index (χ0) is 10.1. The van der Waals surface area contributed by atoms with Crippen molar-refractivity contribution in [2.24, 2.45) is 0 Å². The van der Waals surface area contributed by atoms with E-state index >= 15 is 0 Å². The summed E-state index contributed by atoms with van der Waals surface area (Å²) < 4.78 is 5.31. The fraction of sp³-hybridized carbons (Fsp3) is 1.00. The van der Waals surface area contributed by atoms with E-state index < -0.39 is 0 Å². The molecule has 0 aromatic rings. The molecule has 0 atom stereocenters. The molecule has 0 bridgehead atoms. The van der Waals surface area contributed by atoms with Crippen LogP contribution in [0.2, 0.25) is 0 Å². The fourth-order valence-corrected chi connectivity index (χ4v) is 2.61. The Hall–Kier alpha value is 0.270. The van der Waals surface area contributed by atoms with E-state index in [1.807, 2.05) is 0 Å². The van der Waals surface area contributed by atoms with Crippen molar-refractivity contribution in [3.63, 3.8) is 0 Å². The van der Waals surface area contributed by atoms with E-state index in [0.29, 0.717) is 0 Å². The van der Waals surface area contributed by atoms with E-state index in [0.717, 1.165) is 26.3 Å². The largest absolute Gasteiger partial charge is 0.379 e. The SMILES string of the molecule is CCCCCCSCN1CCOCC1. The Bertz CT molecular complexity index is 126. The first-order valence-corrected chi connectivity index (χ1v) is 6.97. The van der Waals surface area contributed by atoms with Crippen molar-refractivity contribution in [1.29, 1.82) is 0 Å². The normalized spacial score (nSPS) is 18.6. The highest BCUT2D eigenvalue weighted by Gasteiger charge is 2.08. The molecule has 0 aliphatic carbocycles. The van der Waals surface area contributed by atoms with Crippen LogP contribution in [0.1, 0.15) is 32.6 Å². The number of nitrogens with zero attached hydrogens (tertiary/aromatic N) is 1. The average molecular weight is 217 g/mol. The van der Waals surface area contributed by atoms with Gasteiger partial charge in [-0.1, -0.05) is 26.2 Å². The van der Waals surface area contributed by atoms with Crippen molar-refractivity contribution in [3.8, 4) is 0 Å². The molecule has 0 radical (unpaired) electrons. The zero-order valence-corrected chi connectivity index (χ0v) is 10.2. The summed E-state index contributed by atoms with van der Waals surface area (Å²) in [5.41, 5.74) is 0. The molecule has 1 saturated heterocycles. The highest BCUT2D eigenvalue weighted by Crippen LogP contribution is 2.10. The van der Waals surface area contributed by atoms with Crippen LogP contribution in [0.5, 0.6) is 0 Å². The maximum Gasteiger partial charge on any atom is 0.0594 e. The van der Waals surface area contributed by atoms with Crippen molar-refractivity contribution in [2.45, 2.75) is 32.6 Å². The molecule has 1 aliphatic heterocycles. The molecule has 0 spiro atoms. The maximum atomic E-state index is 5.31. The van der Waals surface area contributed by atoms with Gasteiger partial charge in [0.15, 0.2) is 0 Å². The second-order valence-electron chi connectivity index (χ2n) is 3.83. The van der Waals surface area contributed by atoms with E-state index in [4.69, 9.17) is 4.74 Å². The molecule has 1 rings (SSSR count). The molecule has 0 aromatic carbocycles. The van der Waals surface area contributed by atoms with E-state index in [1.165, 1.54) is 37.3 Å². The van der Waals surface area contributed by atoms with Gasteiger partial charge in [-0.3, -0.25) is 4.90 Å². The monoisotopic (exact) mass is 217 g/mol. The minimum Gasteiger partial charge on any atom is -0.379 e. The molecule has 0 amide bonds. The van der Waals surface area contributed by atoms with Gasteiger partial charge in [0.05, 0.1) is 13.2 Å². The summed E-state index contributed by atoms with van der Waals surface area (Å²) in [7, 11) is 0. The highest BCUT2D eigenvalue weighted by molar-refractivity contribution is 7.99. The van der Waals surface area contributed by atoms with Crippen LogP contribution >= 0.6 is 11.8 Å². The molecular weight excluding hydrogens is 194 g/mol. The first-order chi connectivity index (χ1) is 6.93. The van der Waals surface area contributed by atoms with Crippen LogP contribution in [0.4, 0.5) is 0 Å². The lowest BCUT2D eigenvalue weighted by molar-refractivity contribution is 0.0474. The molecule has 1 heterocycles. The number of thioether (sulfide) groups is 1. The quantitative estimate of drug-likeness (QED) is 0.608. The Kier molecular flexibility index (Phi) is 7.55. The smallest absolute Gasteiger partial charge is 0.0594 e. The Morgan fingerprint density at radius 3 is 2.64 bits per heavy atom. The predicted octanol–water partition coefficient (Wildman–Crippen LogP) is 2.59. The third-order valence-electron chi connectivity index (χ3n) is 2.52. The Morgan fingerprint density at radius 1 is 1.14 bits per heavy atom. The highest BCUT2D eigenvalue weighted by atomic mass is 32.2. The van der Waals surface area contributed by atoms with Gasteiger partial charge in [-0.25, -0.2) is 0 Å². The predicted molar refractivity (Wildman–Crippen MR) is 63.9 cm³/mol. The Labute approximate surface area is 92.4 Å². The number of rotatable bonds is 7. The van der Waals surface area contributed by atoms with Crippen molar-refractivity contribution >= 4 is 11.8 Å². The zero-order valence-electron chi connectivity index (χ0n) is 9.33. The van der Waals surface area contributed by atoms with E-state index in [1.54, 1.807) is 0 Å². The summed E-state index contributed by atoms with van der Waals surface area (Å²) in [4.78, 5) is 2.49. The molecule has 1 aliphatic rings. The van der Waals surface area contributed by atoms with Crippen LogP contribution in [-0.2, 0) is 4.74 Å². The summed E-state index contributed by atoms with van der Waals surface area (Å²) in [6, 6.07) is 0. The van der Waals surface area contributed by atoms with Gasteiger partial charge >= 0.3 is 0 Å². The van der Waals surface area contributed by atoms with Crippen molar-refractivity contribution in [2.75, 3.05) is 37.9 Å². The molecule has 0 N–H and O–H groups in total. The lowest BCUT2D eigenvalue weighted by Crippen LogP contribution is -2.35.